The third kappa shape index (κ3) is 2.39. The number of hydrogen-bond acceptors (Lipinski definition) is 3. The van der Waals surface area contributed by atoms with Gasteiger partial charge in [-0.3, -0.25) is 4.79 Å². The summed E-state index contributed by atoms with van der Waals surface area (Å²) in [4.78, 5) is 26.2. The number of carboxylic acid groups (broad SMARTS) is 1. The maximum absolute atomic E-state index is 12.0. The van der Waals surface area contributed by atoms with Gasteiger partial charge in [0.15, 0.2) is 0 Å². The second-order valence-electron chi connectivity index (χ2n) is 4.82. The van der Waals surface area contributed by atoms with Crippen molar-refractivity contribution in [3.8, 4) is 0 Å². The minimum Gasteiger partial charge on any atom is -0.480 e. The number of nitrogens with one attached hydrogen (secondary N) is 2. The number of pyridine rings is 1. The highest BCUT2D eigenvalue weighted by atomic mass is 16.4. The molecule has 0 aliphatic carbocycles. The summed E-state index contributed by atoms with van der Waals surface area (Å²) in [5, 5.41) is 13.8. The molecule has 0 spiro atoms. The van der Waals surface area contributed by atoms with Crippen LogP contribution in [-0.2, 0) is 4.79 Å². The summed E-state index contributed by atoms with van der Waals surface area (Å²) in [5.41, 5.74) is -1.29. The van der Waals surface area contributed by atoms with E-state index in [9.17, 15) is 14.7 Å². The number of aliphatic carboxylic acids is 1. The molecule has 0 unspecified atom stereocenters. The highest BCUT2D eigenvalue weighted by Crippen LogP contribution is 2.22. The maximum atomic E-state index is 12.0. The largest absolute Gasteiger partial charge is 0.480 e. The molecule has 0 saturated carbocycles. The third-order valence-corrected chi connectivity index (χ3v) is 3.74. The molecule has 5 nitrogen and oxygen atoms in total. The first-order valence-corrected chi connectivity index (χ1v) is 6.66. The molecular formula is C15H18N2O3. The van der Waals surface area contributed by atoms with Gasteiger partial charge in [-0.15, -0.1) is 0 Å². The normalized spacial score (nSPS) is 11.5. The van der Waals surface area contributed by atoms with Gasteiger partial charge in [0.25, 0.3) is 5.56 Å². The molecule has 20 heavy (non-hydrogen) atoms. The van der Waals surface area contributed by atoms with Crippen LogP contribution < -0.4 is 10.9 Å². The van der Waals surface area contributed by atoms with Gasteiger partial charge in [0.2, 0.25) is 0 Å². The van der Waals surface area contributed by atoms with E-state index < -0.39 is 11.5 Å². The van der Waals surface area contributed by atoms with Crippen molar-refractivity contribution in [3.05, 3.63) is 40.7 Å². The molecule has 0 amide bonds. The van der Waals surface area contributed by atoms with Crippen LogP contribution in [-0.4, -0.2) is 21.6 Å². The van der Waals surface area contributed by atoms with Crippen LogP contribution in [0.1, 0.15) is 26.7 Å². The summed E-state index contributed by atoms with van der Waals surface area (Å²) in [6.45, 7) is 3.62. The molecule has 2 rings (SSSR count). The van der Waals surface area contributed by atoms with Gasteiger partial charge in [-0.25, -0.2) is 4.79 Å². The Kier molecular flexibility index (Phi) is 3.79. The van der Waals surface area contributed by atoms with Crippen molar-refractivity contribution < 1.29 is 9.90 Å². The van der Waals surface area contributed by atoms with Gasteiger partial charge < -0.3 is 15.4 Å². The second-order valence-corrected chi connectivity index (χ2v) is 4.82. The number of hydrogen-bond donors (Lipinski definition) is 3. The molecule has 1 aromatic carbocycles. The van der Waals surface area contributed by atoms with E-state index in [1.807, 2.05) is 26.0 Å². The molecule has 106 valence electrons. The van der Waals surface area contributed by atoms with E-state index in [1.165, 1.54) is 0 Å². The van der Waals surface area contributed by atoms with E-state index in [-0.39, 0.29) is 5.56 Å². The Balaban J connectivity index is 2.48. The highest BCUT2D eigenvalue weighted by molar-refractivity contribution is 5.86. The van der Waals surface area contributed by atoms with E-state index in [1.54, 1.807) is 18.2 Å². The van der Waals surface area contributed by atoms with Crippen LogP contribution in [0.15, 0.2) is 35.1 Å². The fourth-order valence-corrected chi connectivity index (χ4v) is 2.32. The lowest BCUT2D eigenvalue weighted by atomic mass is 9.93. The number of carboxylic acids is 1. The zero-order valence-electron chi connectivity index (χ0n) is 11.6. The van der Waals surface area contributed by atoms with Crippen molar-refractivity contribution in [2.45, 2.75) is 32.2 Å². The molecule has 2 aromatic rings. The van der Waals surface area contributed by atoms with E-state index in [0.29, 0.717) is 24.0 Å². The van der Waals surface area contributed by atoms with Crippen molar-refractivity contribution in [3.63, 3.8) is 0 Å². The highest BCUT2D eigenvalue weighted by Gasteiger charge is 2.34. The fourth-order valence-electron chi connectivity index (χ4n) is 2.32. The van der Waals surface area contributed by atoms with Crippen LogP contribution in [0, 0.1) is 0 Å². The molecule has 5 heteroatoms. The molecule has 1 heterocycles. The van der Waals surface area contributed by atoms with E-state index >= 15 is 0 Å². The minimum absolute atomic E-state index is 0.225. The van der Waals surface area contributed by atoms with E-state index in [0.717, 1.165) is 5.39 Å². The van der Waals surface area contributed by atoms with Crippen LogP contribution in [0.4, 0.5) is 5.82 Å². The quantitative estimate of drug-likeness (QED) is 0.782. The molecule has 3 N–H and O–H groups in total. The van der Waals surface area contributed by atoms with Crippen molar-refractivity contribution in [1.82, 2.24) is 4.98 Å². The van der Waals surface area contributed by atoms with Crippen LogP contribution in [0.2, 0.25) is 0 Å². The van der Waals surface area contributed by atoms with Crippen molar-refractivity contribution in [2.24, 2.45) is 0 Å². The number of anilines is 1. The summed E-state index contributed by atoms with van der Waals surface area (Å²) in [5.74, 6) is -0.490. The van der Waals surface area contributed by atoms with Crippen molar-refractivity contribution >= 4 is 22.6 Å². The number of carbonyl (C=O) groups is 1. The van der Waals surface area contributed by atoms with Gasteiger partial charge in [0.05, 0.1) is 0 Å². The Morgan fingerprint density at radius 3 is 2.55 bits per heavy atom. The third-order valence-electron chi connectivity index (χ3n) is 3.74. The Hall–Kier alpha value is -2.30. The van der Waals surface area contributed by atoms with Gasteiger partial charge in [0.1, 0.15) is 11.4 Å². The Labute approximate surface area is 116 Å². The number of fused-ring (bicyclic) bond motifs is 1. The summed E-state index contributed by atoms with van der Waals surface area (Å²) >= 11 is 0. The SMILES string of the molecule is CCC(CC)(Nc1cc2ccccc2c(=O)[nH]1)C(=O)O. The fraction of sp³-hybridized carbons (Fsp3) is 0.333. The molecule has 0 aliphatic heterocycles. The average molecular weight is 274 g/mol. The predicted molar refractivity (Wildman–Crippen MR) is 79.1 cm³/mol. The smallest absolute Gasteiger partial charge is 0.329 e. The molecule has 0 atom stereocenters. The Morgan fingerprint density at radius 1 is 1.30 bits per heavy atom. The Bertz CT molecular complexity index is 687. The van der Waals surface area contributed by atoms with Gasteiger partial charge in [-0.2, -0.15) is 0 Å². The van der Waals surface area contributed by atoms with Gasteiger partial charge in [-0.1, -0.05) is 32.0 Å². The predicted octanol–water partition coefficient (Wildman–Crippen LogP) is 2.58. The van der Waals surface area contributed by atoms with Crippen LogP contribution >= 0.6 is 0 Å². The lowest BCUT2D eigenvalue weighted by Gasteiger charge is -2.29. The first-order chi connectivity index (χ1) is 9.52. The zero-order valence-corrected chi connectivity index (χ0v) is 11.6. The molecule has 0 aliphatic rings. The first kappa shape index (κ1) is 14.1. The van der Waals surface area contributed by atoms with Crippen molar-refractivity contribution in [1.29, 1.82) is 0 Å². The first-order valence-electron chi connectivity index (χ1n) is 6.66. The zero-order chi connectivity index (χ0) is 14.8. The number of aromatic amines is 1. The number of aromatic nitrogens is 1. The van der Waals surface area contributed by atoms with E-state index in [2.05, 4.69) is 10.3 Å². The number of benzene rings is 1. The van der Waals surface area contributed by atoms with Crippen LogP contribution in [0.5, 0.6) is 0 Å². The number of rotatable bonds is 5. The summed E-state index contributed by atoms with van der Waals surface area (Å²) in [6.07, 6.45) is 0.849. The monoisotopic (exact) mass is 274 g/mol. The number of H-pyrrole nitrogens is 1. The summed E-state index contributed by atoms with van der Waals surface area (Å²) in [6, 6.07) is 8.97. The summed E-state index contributed by atoms with van der Waals surface area (Å²) in [7, 11) is 0. The standard InChI is InChI=1S/C15H18N2O3/c1-3-15(4-2,14(19)20)17-12-9-10-7-5-6-8-11(10)13(18)16-12/h5-9H,3-4H2,1-2H3,(H,19,20)(H2,16,17,18). The minimum atomic E-state index is -1.06. The summed E-state index contributed by atoms with van der Waals surface area (Å²) < 4.78 is 0. The van der Waals surface area contributed by atoms with Crippen LogP contribution in [0.3, 0.4) is 0 Å². The van der Waals surface area contributed by atoms with Gasteiger partial charge >= 0.3 is 5.97 Å². The molecular weight excluding hydrogens is 256 g/mol. The van der Waals surface area contributed by atoms with Crippen LogP contribution in [0.25, 0.3) is 10.8 Å². The van der Waals surface area contributed by atoms with Gasteiger partial charge in [0, 0.05) is 5.39 Å². The molecule has 0 radical (unpaired) electrons. The Morgan fingerprint density at radius 2 is 1.95 bits per heavy atom. The maximum Gasteiger partial charge on any atom is 0.329 e. The molecule has 1 aromatic heterocycles. The van der Waals surface area contributed by atoms with E-state index in [4.69, 9.17) is 0 Å². The molecule has 0 bridgehead atoms. The topological polar surface area (TPSA) is 82.2 Å². The van der Waals surface area contributed by atoms with Gasteiger partial charge in [-0.05, 0) is 30.4 Å². The molecule has 0 fully saturated rings. The molecule has 0 saturated heterocycles. The lowest BCUT2D eigenvalue weighted by Crippen LogP contribution is -2.45. The average Bonchev–Trinajstić information content (AvgIpc) is 2.44. The lowest BCUT2D eigenvalue weighted by molar-refractivity contribution is -0.142. The second kappa shape index (κ2) is 5.36. The van der Waals surface area contributed by atoms with Crippen molar-refractivity contribution in [2.75, 3.05) is 5.32 Å².